The molecule has 3 aromatic rings. The summed E-state index contributed by atoms with van der Waals surface area (Å²) in [6, 6.07) is 7.08. The third-order valence-corrected chi connectivity index (χ3v) is 6.98. The Labute approximate surface area is 205 Å². The van der Waals surface area contributed by atoms with E-state index in [1.54, 1.807) is 22.9 Å². The van der Waals surface area contributed by atoms with E-state index in [0.717, 1.165) is 43.7 Å². The molecule has 6 nitrogen and oxygen atoms in total. The first-order chi connectivity index (χ1) is 16.8. The summed E-state index contributed by atoms with van der Waals surface area (Å²) in [5.41, 5.74) is 0.225. The van der Waals surface area contributed by atoms with Crippen LogP contribution in [0.3, 0.4) is 0 Å². The molecule has 1 saturated carbocycles. The van der Waals surface area contributed by atoms with Crippen molar-refractivity contribution >= 4 is 40.4 Å². The average molecular weight is 500 g/mol. The molecule has 1 aromatic heterocycles. The molecule has 1 N–H and O–H groups in total. The Morgan fingerprint density at radius 2 is 1.89 bits per heavy atom. The SMILES string of the molecule is O=C(O)c1cn(C2CC2)c2c(Cl)c(N3CCCCC(N=Cc4ccc(F)cc4)C3)c(F)cc2c1=O. The van der Waals surface area contributed by atoms with Gasteiger partial charge < -0.3 is 14.6 Å². The standard InChI is InChI=1S/C26H24ClF2N3O3/c27-22-23-19(25(33)20(26(34)35)14-32(23)18-8-9-18)11-21(29)24(22)31-10-2-1-3-17(13-31)30-12-15-4-6-16(28)7-5-15/h4-7,11-12,14,17-18H,1-3,8-10,13H2,(H,34,35). The van der Waals surface area contributed by atoms with E-state index in [9.17, 15) is 19.1 Å². The molecule has 0 bridgehead atoms. The van der Waals surface area contributed by atoms with E-state index in [-0.39, 0.29) is 34.0 Å². The Bertz CT molecular complexity index is 1380. The quantitative estimate of drug-likeness (QED) is 0.474. The van der Waals surface area contributed by atoms with Crippen molar-refractivity contribution in [2.24, 2.45) is 4.99 Å². The van der Waals surface area contributed by atoms with Crippen molar-refractivity contribution in [1.82, 2.24) is 4.57 Å². The number of halogens is 3. The Morgan fingerprint density at radius 1 is 1.14 bits per heavy atom. The number of pyridine rings is 1. The Hall–Kier alpha value is -3.26. The summed E-state index contributed by atoms with van der Waals surface area (Å²) in [5, 5.41) is 9.57. The van der Waals surface area contributed by atoms with Crippen molar-refractivity contribution in [2.75, 3.05) is 18.0 Å². The number of carboxylic acids is 1. The molecular weight excluding hydrogens is 476 g/mol. The maximum atomic E-state index is 15.5. The van der Waals surface area contributed by atoms with Gasteiger partial charge in [0.1, 0.15) is 17.2 Å². The van der Waals surface area contributed by atoms with Crippen molar-refractivity contribution in [3.05, 3.63) is 74.5 Å². The van der Waals surface area contributed by atoms with Crippen LogP contribution in [0.15, 0.2) is 46.3 Å². The van der Waals surface area contributed by atoms with Gasteiger partial charge in [0.2, 0.25) is 5.43 Å². The van der Waals surface area contributed by atoms with Gasteiger partial charge in [-0.15, -0.1) is 0 Å². The van der Waals surface area contributed by atoms with Crippen LogP contribution in [0.5, 0.6) is 0 Å². The van der Waals surface area contributed by atoms with Crippen LogP contribution in [-0.4, -0.2) is 41.0 Å². The fourth-order valence-electron chi connectivity index (χ4n) is 4.70. The molecule has 1 aliphatic carbocycles. The highest BCUT2D eigenvalue weighted by Crippen LogP contribution is 2.42. The summed E-state index contributed by atoms with van der Waals surface area (Å²) in [6.45, 7) is 1.01. The molecule has 9 heteroatoms. The Balaban J connectivity index is 1.54. The Kier molecular flexibility index (Phi) is 6.32. The highest BCUT2D eigenvalue weighted by Gasteiger charge is 2.31. The van der Waals surface area contributed by atoms with Gasteiger partial charge in [0, 0.05) is 31.5 Å². The van der Waals surface area contributed by atoms with E-state index >= 15 is 4.39 Å². The zero-order chi connectivity index (χ0) is 24.7. The number of aromatic carboxylic acids is 1. The van der Waals surface area contributed by atoms with Gasteiger partial charge in [-0.05, 0) is 55.9 Å². The number of rotatable bonds is 5. The maximum Gasteiger partial charge on any atom is 0.341 e. The topological polar surface area (TPSA) is 74.9 Å². The van der Waals surface area contributed by atoms with Crippen molar-refractivity contribution in [3.63, 3.8) is 0 Å². The minimum atomic E-state index is -1.35. The summed E-state index contributed by atoms with van der Waals surface area (Å²) in [5.74, 6) is -2.32. The normalized spacial score (nSPS) is 18.8. The van der Waals surface area contributed by atoms with E-state index < -0.39 is 22.8 Å². The molecule has 1 unspecified atom stereocenters. The minimum absolute atomic E-state index is 0.0243. The number of fused-ring (bicyclic) bond motifs is 1. The molecule has 1 atom stereocenters. The molecule has 2 aliphatic rings. The van der Waals surface area contributed by atoms with E-state index in [1.807, 2.05) is 4.90 Å². The van der Waals surface area contributed by atoms with E-state index in [2.05, 4.69) is 4.99 Å². The van der Waals surface area contributed by atoms with Gasteiger partial charge in [0.25, 0.3) is 0 Å². The third-order valence-electron chi connectivity index (χ3n) is 6.62. The number of hydrogen-bond donors (Lipinski definition) is 1. The summed E-state index contributed by atoms with van der Waals surface area (Å²) >= 11 is 6.79. The first kappa shape index (κ1) is 23.5. The molecule has 0 radical (unpaired) electrons. The van der Waals surface area contributed by atoms with Gasteiger partial charge in [-0.25, -0.2) is 13.6 Å². The van der Waals surface area contributed by atoms with Crippen molar-refractivity contribution in [3.8, 4) is 0 Å². The molecule has 2 aromatic carbocycles. The second kappa shape index (κ2) is 9.41. The van der Waals surface area contributed by atoms with Crippen LogP contribution in [0.1, 0.15) is 54.1 Å². The van der Waals surface area contributed by atoms with Crippen LogP contribution in [0.2, 0.25) is 5.02 Å². The predicted molar refractivity (Wildman–Crippen MR) is 132 cm³/mol. The number of benzene rings is 2. The summed E-state index contributed by atoms with van der Waals surface area (Å²) in [6.07, 6.45) is 7.25. The molecule has 1 aliphatic heterocycles. The first-order valence-corrected chi connectivity index (χ1v) is 12.0. The second-order valence-electron chi connectivity index (χ2n) is 9.16. The number of aromatic nitrogens is 1. The molecular formula is C26H24ClF2N3O3. The average Bonchev–Trinajstić information content (AvgIpc) is 3.67. The van der Waals surface area contributed by atoms with Crippen molar-refractivity contribution in [2.45, 2.75) is 44.2 Å². The van der Waals surface area contributed by atoms with Crippen LogP contribution >= 0.6 is 11.6 Å². The maximum absolute atomic E-state index is 15.5. The van der Waals surface area contributed by atoms with Gasteiger partial charge in [0.15, 0.2) is 0 Å². The van der Waals surface area contributed by atoms with Crippen molar-refractivity contribution in [1.29, 1.82) is 0 Å². The van der Waals surface area contributed by atoms with Crippen LogP contribution in [0, 0.1) is 11.6 Å². The van der Waals surface area contributed by atoms with Crippen LogP contribution < -0.4 is 10.3 Å². The molecule has 35 heavy (non-hydrogen) atoms. The van der Waals surface area contributed by atoms with Gasteiger partial charge >= 0.3 is 5.97 Å². The molecule has 2 fully saturated rings. The predicted octanol–water partition coefficient (Wildman–Crippen LogP) is 5.44. The molecule has 182 valence electrons. The molecule has 0 spiro atoms. The first-order valence-electron chi connectivity index (χ1n) is 11.7. The monoisotopic (exact) mass is 499 g/mol. The van der Waals surface area contributed by atoms with Gasteiger partial charge in [0.05, 0.1) is 27.7 Å². The zero-order valence-corrected chi connectivity index (χ0v) is 19.6. The largest absolute Gasteiger partial charge is 0.477 e. The molecule has 5 rings (SSSR count). The van der Waals surface area contributed by atoms with E-state index in [4.69, 9.17) is 11.6 Å². The van der Waals surface area contributed by atoms with Gasteiger partial charge in [-0.2, -0.15) is 0 Å². The second-order valence-corrected chi connectivity index (χ2v) is 9.54. The summed E-state index contributed by atoms with van der Waals surface area (Å²) < 4.78 is 30.4. The number of hydrogen-bond acceptors (Lipinski definition) is 4. The van der Waals surface area contributed by atoms with E-state index in [0.29, 0.717) is 18.6 Å². The number of aliphatic imine (C=N–C) groups is 1. The third kappa shape index (κ3) is 4.67. The molecule has 2 heterocycles. The lowest BCUT2D eigenvalue weighted by atomic mass is 10.1. The fourth-order valence-corrected chi connectivity index (χ4v) is 5.11. The Morgan fingerprint density at radius 3 is 2.57 bits per heavy atom. The smallest absolute Gasteiger partial charge is 0.341 e. The molecule has 0 amide bonds. The number of anilines is 1. The van der Waals surface area contributed by atoms with E-state index in [1.165, 1.54) is 18.3 Å². The number of nitrogens with zero attached hydrogens (tertiary/aromatic N) is 3. The lowest BCUT2D eigenvalue weighted by Gasteiger charge is -2.27. The van der Waals surface area contributed by atoms with Gasteiger partial charge in [-0.1, -0.05) is 23.7 Å². The molecule has 1 saturated heterocycles. The highest BCUT2D eigenvalue weighted by atomic mass is 35.5. The van der Waals surface area contributed by atoms with Crippen LogP contribution in [0.25, 0.3) is 10.9 Å². The minimum Gasteiger partial charge on any atom is -0.477 e. The summed E-state index contributed by atoms with van der Waals surface area (Å²) in [7, 11) is 0. The summed E-state index contributed by atoms with van der Waals surface area (Å²) in [4.78, 5) is 31.0. The number of carboxylic acid groups (broad SMARTS) is 1. The number of carbonyl (C=O) groups is 1. The van der Waals surface area contributed by atoms with Crippen LogP contribution in [0.4, 0.5) is 14.5 Å². The highest BCUT2D eigenvalue weighted by molar-refractivity contribution is 6.38. The fraction of sp³-hybridized carbons (Fsp3) is 0.346. The van der Waals surface area contributed by atoms with Crippen LogP contribution in [-0.2, 0) is 0 Å². The van der Waals surface area contributed by atoms with Gasteiger partial charge in [-0.3, -0.25) is 9.79 Å². The zero-order valence-electron chi connectivity index (χ0n) is 18.9. The van der Waals surface area contributed by atoms with Crippen molar-refractivity contribution < 1.29 is 18.7 Å². The lowest BCUT2D eigenvalue weighted by molar-refractivity contribution is 0.0695. The lowest BCUT2D eigenvalue weighted by Crippen LogP contribution is -2.31.